The molecule has 0 radical (unpaired) electrons. The van der Waals surface area contributed by atoms with Gasteiger partial charge in [0.15, 0.2) is 0 Å². The first-order chi connectivity index (χ1) is 16.0. The number of nitrogens with two attached hydrogens (primary N) is 2. The maximum Gasteiger partial charge on any atom is 0.265 e. The molecule has 0 aromatic heterocycles. The van der Waals surface area contributed by atoms with E-state index in [2.05, 4.69) is 9.71 Å². The Hall–Kier alpha value is -2.57. The van der Waals surface area contributed by atoms with Gasteiger partial charge in [0.25, 0.3) is 10.0 Å². The molecule has 0 spiro atoms. The van der Waals surface area contributed by atoms with Crippen molar-refractivity contribution in [2.45, 2.75) is 33.9 Å². The van der Waals surface area contributed by atoms with Crippen molar-refractivity contribution in [2.75, 3.05) is 0 Å². The number of nitrogens with one attached hydrogen (secondary N) is 1. The van der Waals surface area contributed by atoms with Gasteiger partial charge in [0, 0.05) is 15.7 Å². The van der Waals surface area contributed by atoms with Gasteiger partial charge in [-0.1, -0.05) is 54.1 Å². The smallest absolute Gasteiger partial charge is 0.265 e. The fourth-order valence-corrected chi connectivity index (χ4v) is 6.15. The van der Waals surface area contributed by atoms with Crippen LogP contribution in [0.1, 0.15) is 16.7 Å². The van der Waals surface area contributed by atoms with Gasteiger partial charge < -0.3 is 5.73 Å². The Labute approximate surface area is 208 Å². The van der Waals surface area contributed by atoms with Gasteiger partial charge in [-0.2, -0.15) is 0 Å². The molecule has 12 heteroatoms. The van der Waals surface area contributed by atoms with Crippen molar-refractivity contribution in [2.24, 2.45) is 15.9 Å². The molecule has 0 atom stereocenters. The molecule has 180 valence electrons. The Bertz CT molecular complexity index is 1410. The second-order valence-electron chi connectivity index (χ2n) is 7.32. The van der Waals surface area contributed by atoms with Crippen molar-refractivity contribution < 1.29 is 16.8 Å². The summed E-state index contributed by atoms with van der Waals surface area (Å²) in [6.07, 6.45) is 0. The highest BCUT2D eigenvalue weighted by Gasteiger charge is 2.21. The molecule has 3 rings (SSSR count). The van der Waals surface area contributed by atoms with Crippen LogP contribution in [0.25, 0.3) is 0 Å². The van der Waals surface area contributed by atoms with Crippen LogP contribution in [0.5, 0.6) is 0 Å². The van der Waals surface area contributed by atoms with Gasteiger partial charge in [0.2, 0.25) is 16.0 Å². The van der Waals surface area contributed by atoms with Gasteiger partial charge in [-0.05, 0) is 47.9 Å². The third-order valence-corrected chi connectivity index (χ3v) is 8.66. The lowest BCUT2D eigenvalue weighted by molar-refractivity contribution is 0.589. The SMILES string of the molecule is Cc1cc(S(=O)(=O)NC(N)=NCc2ccc(S(N)(=O)=O)cc2)c(SCc2ccccc2)cc1Cl. The number of hydrogen-bond donors (Lipinski definition) is 3. The van der Waals surface area contributed by atoms with Gasteiger partial charge in [0.05, 0.1) is 11.4 Å². The molecule has 0 fully saturated rings. The third-order valence-electron chi connectivity index (χ3n) is 4.67. The second kappa shape index (κ2) is 10.8. The van der Waals surface area contributed by atoms with Crippen molar-refractivity contribution >= 4 is 49.4 Å². The molecule has 3 aromatic carbocycles. The number of primary sulfonamides is 1. The molecule has 34 heavy (non-hydrogen) atoms. The van der Waals surface area contributed by atoms with Crippen molar-refractivity contribution in [1.82, 2.24) is 4.72 Å². The summed E-state index contributed by atoms with van der Waals surface area (Å²) in [4.78, 5) is 4.55. The molecule has 5 N–H and O–H groups in total. The predicted octanol–water partition coefficient (Wildman–Crippen LogP) is 3.38. The monoisotopic (exact) mass is 538 g/mol. The summed E-state index contributed by atoms with van der Waals surface area (Å²) in [5.74, 6) is 0.253. The zero-order chi connectivity index (χ0) is 24.9. The summed E-state index contributed by atoms with van der Waals surface area (Å²) >= 11 is 7.60. The van der Waals surface area contributed by atoms with Crippen molar-refractivity contribution in [1.29, 1.82) is 0 Å². The summed E-state index contributed by atoms with van der Waals surface area (Å²) in [5, 5.41) is 5.54. The number of sulfonamides is 2. The average molecular weight is 539 g/mol. The summed E-state index contributed by atoms with van der Waals surface area (Å²) in [7, 11) is -7.85. The van der Waals surface area contributed by atoms with E-state index in [9.17, 15) is 16.8 Å². The molecule has 0 heterocycles. The van der Waals surface area contributed by atoms with Gasteiger partial charge in [-0.15, -0.1) is 11.8 Å². The van der Waals surface area contributed by atoms with E-state index in [-0.39, 0.29) is 22.3 Å². The van der Waals surface area contributed by atoms with Crippen LogP contribution in [0.3, 0.4) is 0 Å². The molecule has 0 saturated heterocycles. The zero-order valence-corrected chi connectivity index (χ0v) is 21.3. The minimum absolute atomic E-state index is 0.0347. The highest BCUT2D eigenvalue weighted by Crippen LogP contribution is 2.33. The maximum absolute atomic E-state index is 13.1. The van der Waals surface area contributed by atoms with Crippen LogP contribution in [0.4, 0.5) is 0 Å². The number of aliphatic imine (C=N–C) groups is 1. The number of aryl methyl sites for hydroxylation is 1. The van der Waals surface area contributed by atoms with Gasteiger partial charge >= 0.3 is 0 Å². The summed E-state index contributed by atoms with van der Waals surface area (Å²) in [6, 6.07) is 18.5. The Morgan fingerprint density at radius 2 is 1.65 bits per heavy atom. The van der Waals surface area contributed by atoms with Crippen molar-refractivity contribution in [3.63, 3.8) is 0 Å². The number of thioether (sulfide) groups is 1. The fraction of sp³-hybridized carbons (Fsp3) is 0.136. The Balaban J connectivity index is 1.78. The molecular formula is C22H23ClN4O4S3. The average Bonchev–Trinajstić information content (AvgIpc) is 2.78. The van der Waals surface area contributed by atoms with Crippen LogP contribution >= 0.6 is 23.4 Å². The highest BCUT2D eigenvalue weighted by atomic mass is 35.5. The molecule has 0 aliphatic heterocycles. The Kier molecular flexibility index (Phi) is 8.26. The Morgan fingerprint density at radius 1 is 1.00 bits per heavy atom. The standard InChI is InChI=1S/C22H23ClN4O4S3/c1-15-11-21(20(12-19(15)23)32-14-17-5-3-2-4-6-17)34(30,31)27-22(24)26-13-16-7-9-18(10-8-16)33(25,28)29/h2-12H,13-14H2,1H3,(H3,24,26,27)(H2,25,28,29). The predicted molar refractivity (Wildman–Crippen MR) is 136 cm³/mol. The Morgan fingerprint density at radius 3 is 2.26 bits per heavy atom. The summed E-state index contributed by atoms with van der Waals surface area (Å²) in [6.45, 7) is 1.75. The molecular weight excluding hydrogens is 516 g/mol. The highest BCUT2D eigenvalue weighted by molar-refractivity contribution is 7.99. The van der Waals surface area contributed by atoms with E-state index in [1.165, 1.54) is 42.1 Å². The van der Waals surface area contributed by atoms with Crippen LogP contribution < -0.4 is 15.6 Å². The normalized spacial score (nSPS) is 12.5. The number of hydrogen-bond acceptors (Lipinski definition) is 6. The summed E-state index contributed by atoms with van der Waals surface area (Å²) in [5.41, 5.74) is 8.10. The number of halogens is 1. The first kappa shape index (κ1) is 26.0. The van der Waals surface area contributed by atoms with Crippen LogP contribution in [0.2, 0.25) is 5.02 Å². The van der Waals surface area contributed by atoms with E-state index in [1.807, 2.05) is 30.3 Å². The van der Waals surface area contributed by atoms with Crippen LogP contribution in [-0.2, 0) is 32.3 Å². The molecule has 0 bridgehead atoms. The summed E-state index contributed by atoms with van der Waals surface area (Å²) < 4.78 is 51.2. The molecule has 0 aliphatic carbocycles. The lowest BCUT2D eigenvalue weighted by atomic mass is 10.2. The van der Waals surface area contributed by atoms with Crippen LogP contribution in [-0.4, -0.2) is 22.8 Å². The maximum atomic E-state index is 13.1. The van der Waals surface area contributed by atoms with E-state index < -0.39 is 20.0 Å². The second-order valence-corrected chi connectivity index (χ2v) is 12.0. The van der Waals surface area contributed by atoms with Crippen LogP contribution in [0.15, 0.2) is 86.4 Å². The van der Waals surface area contributed by atoms with E-state index in [0.29, 0.717) is 26.8 Å². The lowest BCUT2D eigenvalue weighted by Crippen LogP contribution is -2.37. The van der Waals surface area contributed by atoms with E-state index in [1.54, 1.807) is 13.0 Å². The molecule has 8 nitrogen and oxygen atoms in total. The van der Waals surface area contributed by atoms with E-state index in [4.69, 9.17) is 22.5 Å². The van der Waals surface area contributed by atoms with E-state index in [0.717, 1.165) is 5.56 Å². The first-order valence-electron chi connectivity index (χ1n) is 9.87. The number of benzene rings is 3. The number of nitrogens with zero attached hydrogens (tertiary/aromatic N) is 1. The van der Waals surface area contributed by atoms with Crippen molar-refractivity contribution in [3.05, 3.63) is 88.4 Å². The molecule has 0 aliphatic rings. The minimum atomic E-state index is -4.05. The first-order valence-corrected chi connectivity index (χ1v) is 14.3. The molecule has 3 aromatic rings. The third kappa shape index (κ3) is 6.97. The quantitative estimate of drug-likeness (QED) is 0.228. The van der Waals surface area contributed by atoms with Gasteiger partial charge in [-0.25, -0.2) is 31.7 Å². The topological polar surface area (TPSA) is 145 Å². The largest absolute Gasteiger partial charge is 0.369 e. The van der Waals surface area contributed by atoms with Crippen LogP contribution in [0, 0.1) is 6.92 Å². The lowest BCUT2D eigenvalue weighted by Gasteiger charge is -2.14. The fourth-order valence-electron chi connectivity index (χ4n) is 2.88. The zero-order valence-electron chi connectivity index (χ0n) is 18.1. The molecule has 0 unspecified atom stereocenters. The van der Waals surface area contributed by atoms with Gasteiger partial charge in [-0.3, -0.25) is 0 Å². The van der Waals surface area contributed by atoms with Crippen molar-refractivity contribution in [3.8, 4) is 0 Å². The number of guanidine groups is 1. The van der Waals surface area contributed by atoms with Gasteiger partial charge in [0.1, 0.15) is 4.90 Å². The number of rotatable bonds is 8. The minimum Gasteiger partial charge on any atom is -0.369 e. The molecule has 0 saturated carbocycles. The van der Waals surface area contributed by atoms with E-state index >= 15 is 0 Å². The molecule has 0 amide bonds.